The van der Waals surface area contributed by atoms with E-state index in [2.05, 4.69) is 15.2 Å². The maximum atomic E-state index is 12.7. The van der Waals surface area contributed by atoms with Crippen molar-refractivity contribution < 1.29 is 18.0 Å². The van der Waals surface area contributed by atoms with Gasteiger partial charge >= 0.3 is 6.18 Å². The molecule has 1 aromatic heterocycles. The predicted octanol–water partition coefficient (Wildman–Crippen LogP) is 3.74. The van der Waals surface area contributed by atoms with E-state index in [4.69, 9.17) is 0 Å². The highest BCUT2D eigenvalue weighted by molar-refractivity contribution is 5.79. The summed E-state index contributed by atoms with van der Waals surface area (Å²) in [6, 6.07) is 12.6. The minimum absolute atomic E-state index is 0.0257. The van der Waals surface area contributed by atoms with Crippen molar-refractivity contribution in [2.24, 2.45) is 5.92 Å². The van der Waals surface area contributed by atoms with E-state index in [-0.39, 0.29) is 17.9 Å². The van der Waals surface area contributed by atoms with E-state index in [1.54, 1.807) is 0 Å². The van der Waals surface area contributed by atoms with Crippen LogP contribution in [0.4, 0.5) is 19.0 Å². The summed E-state index contributed by atoms with van der Waals surface area (Å²) in [6.07, 6.45) is -2.24. The molecule has 0 aliphatic carbocycles. The minimum atomic E-state index is -4.39. The van der Waals surface area contributed by atoms with Crippen LogP contribution in [0.1, 0.15) is 30.0 Å². The molecule has 5 nitrogen and oxygen atoms in total. The molecule has 1 amide bonds. The number of halogens is 3. The third-order valence-corrected chi connectivity index (χ3v) is 5.54. The lowest BCUT2D eigenvalue weighted by atomic mass is 9.95. The monoisotopic (exact) mass is 420 g/mol. The summed E-state index contributed by atoms with van der Waals surface area (Å²) in [5.74, 6) is 0.436. The molecule has 8 heteroatoms. The highest BCUT2D eigenvalue weighted by Crippen LogP contribution is 2.30. The van der Waals surface area contributed by atoms with E-state index in [1.807, 2.05) is 49.3 Å². The van der Waals surface area contributed by atoms with E-state index in [0.717, 1.165) is 17.8 Å². The van der Waals surface area contributed by atoms with Gasteiger partial charge in [0.25, 0.3) is 0 Å². The summed E-state index contributed by atoms with van der Waals surface area (Å²) in [5, 5.41) is 3.07. The molecule has 30 heavy (non-hydrogen) atoms. The molecule has 3 rings (SSSR count). The van der Waals surface area contributed by atoms with Crippen molar-refractivity contribution in [2.75, 3.05) is 38.6 Å². The van der Waals surface area contributed by atoms with Crippen LogP contribution in [-0.4, -0.2) is 49.5 Å². The fraction of sp³-hybridized carbons (Fsp3) is 0.455. The van der Waals surface area contributed by atoms with Crippen LogP contribution in [0.5, 0.6) is 0 Å². The number of likely N-dealkylation sites (N-methyl/N-ethyl adjacent to an activating group) is 1. The quantitative estimate of drug-likeness (QED) is 0.774. The van der Waals surface area contributed by atoms with Gasteiger partial charge in [-0.25, -0.2) is 4.98 Å². The van der Waals surface area contributed by atoms with Gasteiger partial charge in [-0.2, -0.15) is 13.2 Å². The number of anilines is 1. The number of rotatable bonds is 6. The highest BCUT2D eigenvalue weighted by Gasteiger charge is 2.31. The van der Waals surface area contributed by atoms with Crippen LogP contribution in [-0.2, 0) is 11.0 Å². The van der Waals surface area contributed by atoms with E-state index < -0.39 is 11.7 Å². The zero-order valence-corrected chi connectivity index (χ0v) is 17.2. The molecule has 1 fully saturated rings. The molecule has 1 atom stereocenters. The SMILES string of the molecule is CN(C)[C@H](CNC(=O)C1CCN(c2ccc(C(F)(F)F)cn2)CC1)c1ccccc1. The van der Waals surface area contributed by atoms with Crippen LogP contribution < -0.4 is 10.2 Å². The Morgan fingerprint density at radius 2 is 1.83 bits per heavy atom. The Kier molecular flexibility index (Phi) is 6.97. The smallest absolute Gasteiger partial charge is 0.357 e. The number of alkyl halides is 3. The maximum absolute atomic E-state index is 12.7. The first-order chi connectivity index (χ1) is 14.3. The molecule has 1 aliphatic rings. The maximum Gasteiger partial charge on any atom is 0.417 e. The summed E-state index contributed by atoms with van der Waals surface area (Å²) in [7, 11) is 3.97. The lowest BCUT2D eigenvalue weighted by Crippen LogP contribution is -2.43. The number of piperidine rings is 1. The summed E-state index contributed by atoms with van der Waals surface area (Å²) >= 11 is 0. The number of hydrogen-bond donors (Lipinski definition) is 1. The Morgan fingerprint density at radius 3 is 2.37 bits per heavy atom. The van der Waals surface area contributed by atoms with Crippen molar-refractivity contribution in [3.8, 4) is 0 Å². The van der Waals surface area contributed by atoms with Gasteiger partial charge in [-0.3, -0.25) is 4.79 Å². The van der Waals surface area contributed by atoms with Crippen LogP contribution in [0.25, 0.3) is 0 Å². The molecule has 2 heterocycles. The van der Waals surface area contributed by atoms with E-state index in [1.165, 1.54) is 6.07 Å². The normalized spacial score (nSPS) is 16.5. The number of carbonyl (C=O) groups excluding carboxylic acids is 1. The van der Waals surface area contributed by atoms with Gasteiger partial charge in [0.2, 0.25) is 5.91 Å². The lowest BCUT2D eigenvalue weighted by Gasteiger charge is -2.33. The number of pyridine rings is 1. The van der Waals surface area contributed by atoms with Crippen molar-refractivity contribution in [1.82, 2.24) is 15.2 Å². The van der Waals surface area contributed by atoms with Gasteiger partial charge in [0.05, 0.1) is 11.6 Å². The Hall–Kier alpha value is -2.61. The molecule has 162 valence electrons. The molecular formula is C22H27F3N4O. The molecular weight excluding hydrogens is 393 g/mol. The van der Waals surface area contributed by atoms with Crippen LogP contribution in [0.3, 0.4) is 0 Å². The second-order valence-corrected chi connectivity index (χ2v) is 7.80. The second kappa shape index (κ2) is 9.47. The predicted molar refractivity (Wildman–Crippen MR) is 110 cm³/mol. The zero-order chi connectivity index (χ0) is 21.7. The molecule has 0 radical (unpaired) electrons. The van der Waals surface area contributed by atoms with Gasteiger partial charge in [-0.15, -0.1) is 0 Å². The Balaban J connectivity index is 1.51. The van der Waals surface area contributed by atoms with Gasteiger partial charge in [0.1, 0.15) is 5.82 Å². The number of amides is 1. The number of nitrogens with zero attached hydrogens (tertiary/aromatic N) is 3. The number of nitrogens with one attached hydrogen (secondary N) is 1. The molecule has 0 bridgehead atoms. The summed E-state index contributed by atoms with van der Waals surface area (Å²) in [5.41, 5.74) is 0.389. The molecule has 0 unspecified atom stereocenters. The third-order valence-electron chi connectivity index (χ3n) is 5.54. The van der Waals surface area contributed by atoms with Gasteiger partial charge in [-0.1, -0.05) is 30.3 Å². The topological polar surface area (TPSA) is 48.5 Å². The van der Waals surface area contributed by atoms with E-state index in [9.17, 15) is 18.0 Å². The summed E-state index contributed by atoms with van der Waals surface area (Å²) in [6.45, 7) is 1.70. The number of carbonyl (C=O) groups is 1. The average molecular weight is 420 g/mol. The minimum Gasteiger partial charge on any atom is -0.357 e. The Bertz CT molecular complexity index is 817. The Morgan fingerprint density at radius 1 is 1.17 bits per heavy atom. The Labute approximate surface area is 174 Å². The fourth-order valence-corrected chi connectivity index (χ4v) is 3.73. The van der Waals surface area contributed by atoms with Gasteiger partial charge in [0.15, 0.2) is 0 Å². The number of aromatic nitrogens is 1. The molecule has 1 aromatic carbocycles. The van der Waals surface area contributed by atoms with Gasteiger partial charge in [0, 0.05) is 31.7 Å². The second-order valence-electron chi connectivity index (χ2n) is 7.80. The largest absolute Gasteiger partial charge is 0.417 e. The zero-order valence-electron chi connectivity index (χ0n) is 17.2. The first kappa shape index (κ1) is 22.1. The fourth-order valence-electron chi connectivity index (χ4n) is 3.73. The van der Waals surface area contributed by atoms with Crippen molar-refractivity contribution in [3.05, 3.63) is 59.8 Å². The standard InChI is InChI=1S/C22H27F3N4O/c1-28(2)19(16-6-4-3-5-7-16)15-27-21(30)17-10-12-29(13-11-17)20-9-8-18(14-26-20)22(23,24)25/h3-9,14,17,19H,10-13,15H2,1-2H3,(H,27,30)/t19-/m1/s1. The van der Waals surface area contributed by atoms with E-state index in [0.29, 0.717) is 38.3 Å². The van der Waals surface area contributed by atoms with Crippen molar-refractivity contribution >= 4 is 11.7 Å². The lowest BCUT2D eigenvalue weighted by molar-refractivity contribution is -0.137. The number of benzene rings is 1. The van der Waals surface area contributed by atoms with Crippen LogP contribution in [0.2, 0.25) is 0 Å². The van der Waals surface area contributed by atoms with Crippen molar-refractivity contribution in [1.29, 1.82) is 0 Å². The van der Waals surface area contributed by atoms with E-state index >= 15 is 0 Å². The molecule has 1 aliphatic heterocycles. The van der Waals surface area contributed by atoms with Gasteiger partial charge in [-0.05, 0) is 44.6 Å². The summed E-state index contributed by atoms with van der Waals surface area (Å²) < 4.78 is 38.1. The highest BCUT2D eigenvalue weighted by atomic mass is 19.4. The van der Waals surface area contributed by atoms with Crippen molar-refractivity contribution in [3.63, 3.8) is 0 Å². The van der Waals surface area contributed by atoms with Crippen molar-refractivity contribution in [2.45, 2.75) is 25.1 Å². The molecule has 1 N–H and O–H groups in total. The number of hydrogen-bond acceptors (Lipinski definition) is 4. The molecule has 2 aromatic rings. The molecule has 1 saturated heterocycles. The average Bonchev–Trinajstić information content (AvgIpc) is 2.74. The first-order valence-electron chi connectivity index (χ1n) is 10.0. The summed E-state index contributed by atoms with van der Waals surface area (Å²) in [4.78, 5) is 20.6. The molecule has 0 spiro atoms. The first-order valence-corrected chi connectivity index (χ1v) is 10.0. The van der Waals surface area contributed by atoms with Crippen LogP contribution in [0.15, 0.2) is 48.7 Å². The third kappa shape index (κ3) is 5.50. The molecule has 0 saturated carbocycles. The van der Waals surface area contributed by atoms with Crippen LogP contribution >= 0.6 is 0 Å². The van der Waals surface area contributed by atoms with Gasteiger partial charge < -0.3 is 15.1 Å². The van der Waals surface area contributed by atoms with Crippen LogP contribution in [0, 0.1) is 5.92 Å².